The normalized spacial score (nSPS) is 12.0. The number of nitrogens with one attached hydrogen (secondary N) is 2. The molecule has 0 saturated carbocycles. The van der Waals surface area contributed by atoms with Gasteiger partial charge in [0.05, 0.1) is 17.3 Å². The maximum atomic E-state index is 12.8. The van der Waals surface area contributed by atoms with Gasteiger partial charge in [-0.05, 0) is 54.8 Å². The first-order valence-electron chi connectivity index (χ1n) is 9.00. The molecule has 0 aliphatic heterocycles. The van der Waals surface area contributed by atoms with E-state index in [1.807, 2.05) is 39.0 Å². The van der Waals surface area contributed by atoms with Gasteiger partial charge in [0.15, 0.2) is 5.13 Å². The van der Waals surface area contributed by atoms with Gasteiger partial charge in [0.2, 0.25) is 5.91 Å². The summed E-state index contributed by atoms with van der Waals surface area (Å²) < 4.78 is 6.12. The Kier molecular flexibility index (Phi) is 5.94. The number of benzene rings is 2. The smallest absolute Gasteiger partial charge is 0.251 e. The number of anilines is 1. The van der Waals surface area contributed by atoms with Gasteiger partial charge in [0.25, 0.3) is 5.91 Å². The zero-order valence-electron chi connectivity index (χ0n) is 16.3. The van der Waals surface area contributed by atoms with E-state index in [-0.39, 0.29) is 17.7 Å². The highest BCUT2D eigenvalue weighted by atomic mass is 32.1. The lowest BCUT2D eigenvalue weighted by Crippen LogP contribution is -2.47. The van der Waals surface area contributed by atoms with Crippen molar-refractivity contribution in [1.29, 1.82) is 0 Å². The Labute approximate surface area is 167 Å². The van der Waals surface area contributed by atoms with Gasteiger partial charge in [0.1, 0.15) is 11.8 Å². The van der Waals surface area contributed by atoms with E-state index in [0.29, 0.717) is 16.4 Å². The molecule has 0 saturated heterocycles. The number of carbonyl (C=O) groups excluding carboxylic acids is 2. The number of nitrogens with zero attached hydrogens (tertiary/aromatic N) is 1. The molecular formula is C21H23N3O3S. The quantitative estimate of drug-likeness (QED) is 0.659. The van der Waals surface area contributed by atoms with E-state index in [4.69, 9.17) is 4.74 Å². The van der Waals surface area contributed by atoms with E-state index >= 15 is 0 Å². The van der Waals surface area contributed by atoms with Gasteiger partial charge in [-0.25, -0.2) is 4.98 Å². The predicted molar refractivity (Wildman–Crippen MR) is 112 cm³/mol. The van der Waals surface area contributed by atoms with Gasteiger partial charge in [-0.15, -0.1) is 0 Å². The van der Waals surface area contributed by atoms with E-state index in [1.165, 1.54) is 11.3 Å². The van der Waals surface area contributed by atoms with Crippen LogP contribution in [0.15, 0.2) is 42.5 Å². The third kappa shape index (κ3) is 4.48. The molecule has 2 N–H and O–H groups in total. The minimum atomic E-state index is -0.677. The molecule has 0 aliphatic rings. The standard InChI is InChI=1S/C21H23N3O3S/c1-12(2)18(23-19(25)14-6-8-15(27-4)9-7-14)20(26)24-21-22-16-10-5-13(3)11-17(16)28-21/h5-12,18H,1-4H3,(H,23,25)(H,22,24,26). The minimum absolute atomic E-state index is 0.0844. The van der Waals surface area contributed by atoms with Crippen molar-refractivity contribution < 1.29 is 14.3 Å². The lowest BCUT2D eigenvalue weighted by molar-refractivity contribution is -0.118. The van der Waals surface area contributed by atoms with Crippen molar-refractivity contribution in [3.05, 3.63) is 53.6 Å². The van der Waals surface area contributed by atoms with Crippen molar-refractivity contribution in [2.24, 2.45) is 5.92 Å². The zero-order valence-corrected chi connectivity index (χ0v) is 17.1. The summed E-state index contributed by atoms with van der Waals surface area (Å²) in [5, 5.41) is 6.18. The zero-order chi connectivity index (χ0) is 20.3. The third-order valence-corrected chi connectivity index (χ3v) is 5.30. The Morgan fingerprint density at radius 2 is 1.82 bits per heavy atom. The van der Waals surface area contributed by atoms with Crippen molar-refractivity contribution in [3.8, 4) is 5.75 Å². The van der Waals surface area contributed by atoms with Crippen LogP contribution in [0.25, 0.3) is 10.2 Å². The van der Waals surface area contributed by atoms with Crippen molar-refractivity contribution in [1.82, 2.24) is 10.3 Å². The molecule has 0 aliphatic carbocycles. The van der Waals surface area contributed by atoms with Crippen LogP contribution in [0, 0.1) is 12.8 Å². The van der Waals surface area contributed by atoms with Gasteiger partial charge in [-0.3, -0.25) is 9.59 Å². The summed E-state index contributed by atoms with van der Waals surface area (Å²) in [5.74, 6) is -0.0105. The SMILES string of the molecule is COc1ccc(C(=O)NC(C(=O)Nc2nc3ccc(C)cc3s2)C(C)C)cc1. The van der Waals surface area contributed by atoms with E-state index < -0.39 is 6.04 Å². The Morgan fingerprint density at radius 1 is 1.11 bits per heavy atom. The number of ether oxygens (including phenoxy) is 1. The number of amides is 2. The molecule has 7 heteroatoms. The van der Waals surface area contributed by atoms with E-state index in [9.17, 15) is 9.59 Å². The summed E-state index contributed by atoms with van der Waals surface area (Å²) in [7, 11) is 1.57. The van der Waals surface area contributed by atoms with E-state index in [2.05, 4.69) is 15.6 Å². The van der Waals surface area contributed by atoms with Gasteiger partial charge < -0.3 is 15.4 Å². The number of aromatic nitrogens is 1. The number of hydrogen-bond acceptors (Lipinski definition) is 5. The molecule has 3 aromatic rings. The van der Waals surface area contributed by atoms with Crippen molar-refractivity contribution in [2.45, 2.75) is 26.8 Å². The topological polar surface area (TPSA) is 80.3 Å². The first-order chi connectivity index (χ1) is 13.4. The van der Waals surface area contributed by atoms with Crippen LogP contribution in [0.1, 0.15) is 29.8 Å². The molecule has 2 amide bonds. The molecule has 0 fully saturated rings. The fourth-order valence-corrected chi connectivity index (χ4v) is 3.74. The van der Waals surface area contributed by atoms with Crippen molar-refractivity contribution in [2.75, 3.05) is 12.4 Å². The fourth-order valence-electron chi connectivity index (χ4n) is 2.77. The number of hydrogen-bond donors (Lipinski definition) is 2. The average Bonchev–Trinajstić information content (AvgIpc) is 3.06. The molecule has 6 nitrogen and oxygen atoms in total. The van der Waals surface area contributed by atoms with Crippen LogP contribution in [0.5, 0.6) is 5.75 Å². The minimum Gasteiger partial charge on any atom is -0.497 e. The maximum Gasteiger partial charge on any atom is 0.251 e. The second-order valence-electron chi connectivity index (χ2n) is 6.90. The highest BCUT2D eigenvalue weighted by Gasteiger charge is 2.25. The fraction of sp³-hybridized carbons (Fsp3) is 0.286. The van der Waals surface area contributed by atoms with Crippen LogP contribution >= 0.6 is 11.3 Å². The van der Waals surface area contributed by atoms with Gasteiger partial charge in [0, 0.05) is 5.56 Å². The molecule has 28 heavy (non-hydrogen) atoms. The highest BCUT2D eigenvalue weighted by molar-refractivity contribution is 7.22. The molecule has 0 radical (unpaired) electrons. The second-order valence-corrected chi connectivity index (χ2v) is 7.93. The summed E-state index contributed by atoms with van der Waals surface area (Å²) in [5.41, 5.74) is 2.45. The van der Waals surface area contributed by atoms with Crippen LogP contribution in [-0.2, 0) is 4.79 Å². The first kappa shape index (κ1) is 19.8. The summed E-state index contributed by atoms with van der Waals surface area (Å²) in [6.45, 7) is 5.79. The largest absolute Gasteiger partial charge is 0.497 e. The Bertz CT molecular complexity index is 996. The summed E-state index contributed by atoms with van der Waals surface area (Å²) in [6.07, 6.45) is 0. The number of aryl methyl sites for hydroxylation is 1. The number of thiazole rings is 1. The monoisotopic (exact) mass is 397 g/mol. The Balaban J connectivity index is 1.72. The molecule has 2 aromatic carbocycles. The van der Waals surface area contributed by atoms with Gasteiger partial charge in [-0.2, -0.15) is 0 Å². The number of carbonyl (C=O) groups is 2. The lowest BCUT2D eigenvalue weighted by atomic mass is 10.0. The van der Waals surface area contributed by atoms with Gasteiger partial charge in [-0.1, -0.05) is 31.3 Å². The molecule has 1 atom stereocenters. The Morgan fingerprint density at radius 3 is 2.46 bits per heavy atom. The van der Waals surface area contributed by atoms with Crippen LogP contribution in [0.4, 0.5) is 5.13 Å². The summed E-state index contributed by atoms with van der Waals surface area (Å²) in [4.78, 5) is 29.8. The molecule has 3 rings (SSSR count). The van der Waals surface area contributed by atoms with Crippen LogP contribution in [-0.4, -0.2) is 29.9 Å². The third-order valence-electron chi connectivity index (χ3n) is 4.36. The molecule has 0 spiro atoms. The molecule has 0 bridgehead atoms. The number of methoxy groups -OCH3 is 1. The van der Waals surface area contributed by atoms with Crippen molar-refractivity contribution in [3.63, 3.8) is 0 Å². The number of rotatable bonds is 6. The average molecular weight is 398 g/mol. The van der Waals surface area contributed by atoms with Crippen LogP contribution in [0.3, 0.4) is 0 Å². The molecule has 1 heterocycles. The summed E-state index contributed by atoms with van der Waals surface area (Å²) in [6, 6.07) is 12.0. The van der Waals surface area contributed by atoms with Crippen molar-refractivity contribution >= 4 is 38.5 Å². The van der Waals surface area contributed by atoms with Crippen LogP contribution < -0.4 is 15.4 Å². The van der Waals surface area contributed by atoms with Gasteiger partial charge >= 0.3 is 0 Å². The van der Waals surface area contributed by atoms with E-state index in [0.717, 1.165) is 15.8 Å². The molecular weight excluding hydrogens is 374 g/mol. The van der Waals surface area contributed by atoms with Crippen LogP contribution in [0.2, 0.25) is 0 Å². The Hall–Kier alpha value is -2.93. The maximum absolute atomic E-state index is 12.8. The highest BCUT2D eigenvalue weighted by Crippen LogP contribution is 2.27. The number of fused-ring (bicyclic) bond motifs is 1. The first-order valence-corrected chi connectivity index (χ1v) is 9.82. The second kappa shape index (κ2) is 8.39. The van der Waals surface area contributed by atoms with E-state index in [1.54, 1.807) is 31.4 Å². The lowest BCUT2D eigenvalue weighted by Gasteiger charge is -2.21. The summed E-state index contributed by atoms with van der Waals surface area (Å²) >= 11 is 1.42. The molecule has 1 aromatic heterocycles. The predicted octanol–water partition coefficient (Wildman–Crippen LogP) is 4.01. The molecule has 146 valence electrons. The molecule has 1 unspecified atom stereocenters.